The van der Waals surface area contributed by atoms with E-state index in [2.05, 4.69) is 4.90 Å². The van der Waals surface area contributed by atoms with Crippen LogP contribution in [0, 0.1) is 0 Å². The standard InChI is InChI=1S/C23H34ClN3O3/c1-18(28)26-11-5-7-21(17-26)27(20-9-14-30-15-10-20)13-12-25(2)23(29)16-19-6-3-4-8-22(19)24/h3-4,6,8,20-21H,5,7,9-17H2,1-2H3. The number of ether oxygens (including phenoxy) is 1. The Balaban J connectivity index is 1.61. The number of piperidine rings is 1. The summed E-state index contributed by atoms with van der Waals surface area (Å²) in [7, 11) is 1.87. The van der Waals surface area contributed by atoms with Crippen LogP contribution in [0.5, 0.6) is 0 Å². The number of amides is 2. The molecule has 0 N–H and O–H groups in total. The van der Waals surface area contributed by atoms with Gasteiger partial charge in [-0.3, -0.25) is 14.5 Å². The smallest absolute Gasteiger partial charge is 0.226 e. The molecule has 1 atom stereocenters. The number of benzene rings is 1. The lowest BCUT2D eigenvalue weighted by molar-refractivity contribution is -0.131. The average molecular weight is 436 g/mol. The van der Waals surface area contributed by atoms with Crippen LogP contribution in [0.25, 0.3) is 0 Å². The first-order valence-electron chi connectivity index (χ1n) is 11.0. The Kier molecular flexibility index (Phi) is 8.54. The molecule has 1 aromatic rings. The van der Waals surface area contributed by atoms with Crippen molar-refractivity contribution in [3.63, 3.8) is 0 Å². The highest BCUT2D eigenvalue weighted by molar-refractivity contribution is 6.31. The fourth-order valence-corrected chi connectivity index (χ4v) is 4.72. The highest BCUT2D eigenvalue weighted by Crippen LogP contribution is 2.23. The monoisotopic (exact) mass is 435 g/mol. The normalized spacial score (nSPS) is 20.4. The van der Waals surface area contributed by atoms with Crippen molar-refractivity contribution in [1.29, 1.82) is 0 Å². The van der Waals surface area contributed by atoms with Crippen molar-refractivity contribution in [3.8, 4) is 0 Å². The molecule has 2 aliphatic heterocycles. The van der Waals surface area contributed by atoms with Gasteiger partial charge < -0.3 is 14.5 Å². The Bertz CT molecular complexity index is 723. The Morgan fingerprint density at radius 2 is 1.87 bits per heavy atom. The lowest BCUT2D eigenvalue weighted by Gasteiger charge is -2.44. The third-order valence-corrected chi connectivity index (χ3v) is 6.76. The predicted octanol–water partition coefficient (Wildman–Crippen LogP) is 2.83. The highest BCUT2D eigenvalue weighted by atomic mass is 35.5. The first-order valence-corrected chi connectivity index (χ1v) is 11.4. The molecule has 166 valence electrons. The largest absolute Gasteiger partial charge is 0.381 e. The summed E-state index contributed by atoms with van der Waals surface area (Å²) in [6.07, 6.45) is 4.46. The molecule has 2 amide bonds. The van der Waals surface area contributed by atoms with Gasteiger partial charge in [-0.2, -0.15) is 0 Å². The number of likely N-dealkylation sites (N-methyl/N-ethyl adjacent to an activating group) is 1. The number of carbonyl (C=O) groups is 2. The Morgan fingerprint density at radius 1 is 1.13 bits per heavy atom. The van der Waals surface area contributed by atoms with E-state index in [0.717, 1.165) is 64.1 Å². The van der Waals surface area contributed by atoms with Crippen LogP contribution >= 0.6 is 11.6 Å². The van der Waals surface area contributed by atoms with Crippen molar-refractivity contribution in [2.75, 3.05) is 46.4 Å². The maximum atomic E-state index is 12.7. The van der Waals surface area contributed by atoms with Gasteiger partial charge in [0.15, 0.2) is 0 Å². The summed E-state index contributed by atoms with van der Waals surface area (Å²) >= 11 is 6.22. The van der Waals surface area contributed by atoms with Gasteiger partial charge in [-0.15, -0.1) is 0 Å². The van der Waals surface area contributed by atoms with Gasteiger partial charge in [0, 0.05) is 70.5 Å². The van der Waals surface area contributed by atoms with Crippen LogP contribution in [0.1, 0.15) is 38.2 Å². The number of rotatable bonds is 7. The second-order valence-corrected chi connectivity index (χ2v) is 8.83. The molecule has 1 aromatic carbocycles. The fourth-order valence-electron chi connectivity index (χ4n) is 4.52. The van der Waals surface area contributed by atoms with Gasteiger partial charge >= 0.3 is 0 Å². The molecular formula is C23H34ClN3O3. The molecule has 6 nitrogen and oxygen atoms in total. The zero-order valence-electron chi connectivity index (χ0n) is 18.2. The topological polar surface area (TPSA) is 53.1 Å². The molecule has 0 bridgehead atoms. The minimum atomic E-state index is 0.0732. The molecule has 2 heterocycles. The lowest BCUT2D eigenvalue weighted by Crippen LogP contribution is -2.55. The first kappa shape index (κ1) is 23.0. The van der Waals surface area contributed by atoms with Crippen LogP contribution in [-0.2, 0) is 20.7 Å². The quantitative estimate of drug-likeness (QED) is 0.660. The molecular weight excluding hydrogens is 402 g/mol. The maximum absolute atomic E-state index is 12.7. The summed E-state index contributed by atoms with van der Waals surface area (Å²) in [5.74, 6) is 0.225. The van der Waals surface area contributed by atoms with Gasteiger partial charge in [0.1, 0.15) is 0 Å². The van der Waals surface area contributed by atoms with Crippen LogP contribution in [-0.4, -0.2) is 85.0 Å². The van der Waals surface area contributed by atoms with Crippen LogP contribution < -0.4 is 0 Å². The van der Waals surface area contributed by atoms with E-state index in [0.29, 0.717) is 30.1 Å². The summed E-state index contributed by atoms with van der Waals surface area (Å²) in [6.45, 7) is 6.33. The number of hydrogen-bond donors (Lipinski definition) is 0. The Morgan fingerprint density at radius 3 is 2.57 bits per heavy atom. The number of nitrogens with zero attached hydrogens (tertiary/aromatic N) is 3. The van der Waals surface area contributed by atoms with Gasteiger partial charge in [-0.05, 0) is 37.3 Å². The van der Waals surface area contributed by atoms with Gasteiger partial charge in [-0.25, -0.2) is 0 Å². The van der Waals surface area contributed by atoms with E-state index in [1.807, 2.05) is 36.2 Å². The molecule has 0 radical (unpaired) electrons. The summed E-state index contributed by atoms with van der Waals surface area (Å²) in [5, 5.41) is 0.634. The molecule has 30 heavy (non-hydrogen) atoms. The Labute approximate surface area is 185 Å². The zero-order valence-corrected chi connectivity index (χ0v) is 18.9. The summed E-state index contributed by atoms with van der Waals surface area (Å²) in [5.41, 5.74) is 0.863. The van der Waals surface area contributed by atoms with Crippen molar-refractivity contribution in [1.82, 2.24) is 14.7 Å². The first-order chi connectivity index (χ1) is 14.5. The van der Waals surface area contributed by atoms with E-state index in [4.69, 9.17) is 16.3 Å². The van der Waals surface area contributed by atoms with Crippen molar-refractivity contribution >= 4 is 23.4 Å². The molecule has 2 aliphatic rings. The average Bonchev–Trinajstić information content (AvgIpc) is 2.76. The van der Waals surface area contributed by atoms with Crippen LogP contribution in [0.4, 0.5) is 0 Å². The van der Waals surface area contributed by atoms with Gasteiger partial charge in [-0.1, -0.05) is 29.8 Å². The molecule has 3 rings (SSSR count). The second-order valence-electron chi connectivity index (χ2n) is 8.43. The number of halogens is 1. The third-order valence-electron chi connectivity index (χ3n) is 6.39. The van der Waals surface area contributed by atoms with E-state index >= 15 is 0 Å². The fraction of sp³-hybridized carbons (Fsp3) is 0.652. The van der Waals surface area contributed by atoms with E-state index in [-0.39, 0.29) is 11.8 Å². The number of hydrogen-bond acceptors (Lipinski definition) is 4. The molecule has 1 unspecified atom stereocenters. The van der Waals surface area contributed by atoms with Crippen molar-refractivity contribution in [2.45, 2.75) is 51.1 Å². The van der Waals surface area contributed by atoms with Crippen molar-refractivity contribution < 1.29 is 14.3 Å². The zero-order chi connectivity index (χ0) is 21.5. The van der Waals surface area contributed by atoms with Gasteiger partial charge in [0.2, 0.25) is 11.8 Å². The molecule has 2 fully saturated rings. The summed E-state index contributed by atoms with van der Waals surface area (Å²) in [6, 6.07) is 8.30. The third kappa shape index (κ3) is 6.19. The minimum Gasteiger partial charge on any atom is -0.381 e. The summed E-state index contributed by atoms with van der Waals surface area (Å²) < 4.78 is 5.57. The number of likely N-dealkylation sites (tertiary alicyclic amines) is 1. The molecule has 2 saturated heterocycles. The van der Waals surface area contributed by atoms with Gasteiger partial charge in [0.05, 0.1) is 6.42 Å². The minimum absolute atomic E-state index is 0.0732. The highest BCUT2D eigenvalue weighted by Gasteiger charge is 2.32. The predicted molar refractivity (Wildman–Crippen MR) is 119 cm³/mol. The van der Waals surface area contributed by atoms with E-state index in [1.54, 1.807) is 11.8 Å². The van der Waals surface area contributed by atoms with Crippen molar-refractivity contribution in [3.05, 3.63) is 34.9 Å². The molecule has 0 saturated carbocycles. The van der Waals surface area contributed by atoms with Crippen LogP contribution in [0.2, 0.25) is 5.02 Å². The molecule has 0 aliphatic carbocycles. The maximum Gasteiger partial charge on any atom is 0.226 e. The SMILES string of the molecule is CC(=O)N1CCCC(N(CCN(C)C(=O)Cc2ccccc2Cl)C2CCOCC2)C1. The van der Waals surface area contributed by atoms with E-state index < -0.39 is 0 Å². The van der Waals surface area contributed by atoms with Crippen molar-refractivity contribution in [2.24, 2.45) is 0 Å². The molecule has 7 heteroatoms. The number of carbonyl (C=O) groups excluding carboxylic acids is 2. The second kappa shape index (κ2) is 11.1. The lowest BCUT2D eigenvalue weighted by atomic mass is 9.98. The van der Waals surface area contributed by atoms with E-state index in [1.165, 1.54) is 0 Å². The Hall–Kier alpha value is -1.63. The van der Waals surface area contributed by atoms with E-state index in [9.17, 15) is 9.59 Å². The molecule has 0 aromatic heterocycles. The van der Waals surface area contributed by atoms with Gasteiger partial charge in [0.25, 0.3) is 0 Å². The van der Waals surface area contributed by atoms with Crippen LogP contribution in [0.3, 0.4) is 0 Å². The molecule has 0 spiro atoms. The summed E-state index contributed by atoms with van der Waals surface area (Å²) in [4.78, 5) is 31.0. The van der Waals surface area contributed by atoms with Crippen LogP contribution in [0.15, 0.2) is 24.3 Å².